The maximum atomic E-state index is 12.4. The Labute approximate surface area is 130 Å². The molecule has 1 aromatic carbocycles. The number of amides is 1. The van der Waals surface area contributed by atoms with Crippen molar-refractivity contribution in [3.8, 4) is 5.75 Å². The Morgan fingerprint density at radius 2 is 2.19 bits per heavy atom. The molecule has 0 saturated carbocycles. The van der Waals surface area contributed by atoms with E-state index < -0.39 is 6.10 Å². The molecule has 116 valence electrons. The smallest absolute Gasteiger partial charge is 0.263 e. The van der Waals surface area contributed by atoms with Crippen molar-refractivity contribution in [2.75, 3.05) is 19.7 Å². The highest BCUT2D eigenvalue weighted by atomic mass is 35.5. The fourth-order valence-electron chi connectivity index (χ4n) is 2.71. The highest BCUT2D eigenvalue weighted by Crippen LogP contribution is 2.21. The maximum Gasteiger partial charge on any atom is 0.263 e. The molecular weight excluding hydrogens is 290 g/mol. The first-order valence-corrected chi connectivity index (χ1v) is 7.80. The lowest BCUT2D eigenvalue weighted by Crippen LogP contribution is -2.45. The molecular formula is C16H22ClNO3. The minimum atomic E-state index is -0.515. The van der Waals surface area contributed by atoms with E-state index in [0.29, 0.717) is 23.2 Å². The summed E-state index contributed by atoms with van der Waals surface area (Å²) >= 11 is 5.83. The van der Waals surface area contributed by atoms with Gasteiger partial charge in [-0.25, -0.2) is 0 Å². The van der Waals surface area contributed by atoms with Crippen LogP contribution in [0.4, 0.5) is 0 Å². The molecule has 0 bridgehead atoms. The highest BCUT2D eigenvalue weighted by Gasteiger charge is 2.27. The summed E-state index contributed by atoms with van der Waals surface area (Å²) in [5, 5.41) is 9.67. The molecule has 2 atom stereocenters. The van der Waals surface area contributed by atoms with Crippen LogP contribution in [0.2, 0.25) is 5.02 Å². The average molecular weight is 312 g/mol. The number of likely N-dealkylation sites (tertiary alicyclic amines) is 1. The summed E-state index contributed by atoms with van der Waals surface area (Å²) in [5.41, 5.74) is 0. The zero-order chi connectivity index (χ0) is 15.2. The van der Waals surface area contributed by atoms with Crippen molar-refractivity contribution < 1.29 is 14.6 Å². The highest BCUT2D eigenvalue weighted by molar-refractivity contribution is 6.30. The Balaban J connectivity index is 1.90. The van der Waals surface area contributed by atoms with Crippen LogP contribution >= 0.6 is 11.6 Å². The van der Waals surface area contributed by atoms with Gasteiger partial charge < -0.3 is 14.7 Å². The van der Waals surface area contributed by atoms with Gasteiger partial charge in [0.25, 0.3) is 5.91 Å². The zero-order valence-electron chi connectivity index (χ0n) is 12.3. The summed E-state index contributed by atoms with van der Waals surface area (Å²) in [6, 6.07) is 7.01. The Morgan fingerprint density at radius 1 is 1.48 bits per heavy atom. The number of carbonyl (C=O) groups excluding carboxylic acids is 1. The Hall–Kier alpha value is -1.26. The van der Waals surface area contributed by atoms with Crippen molar-refractivity contribution in [1.29, 1.82) is 0 Å². The molecule has 2 rings (SSSR count). The van der Waals surface area contributed by atoms with Crippen LogP contribution < -0.4 is 4.74 Å². The number of piperidine rings is 1. The second-order valence-electron chi connectivity index (χ2n) is 5.52. The van der Waals surface area contributed by atoms with Gasteiger partial charge in [-0.3, -0.25) is 4.79 Å². The molecule has 21 heavy (non-hydrogen) atoms. The summed E-state index contributed by atoms with van der Waals surface area (Å²) in [6.07, 6.45) is 2.32. The summed E-state index contributed by atoms with van der Waals surface area (Å²) < 4.78 is 5.68. The van der Waals surface area contributed by atoms with Crippen molar-refractivity contribution in [1.82, 2.24) is 4.90 Å². The second kappa shape index (κ2) is 7.66. The molecule has 1 aliphatic heterocycles. The second-order valence-corrected chi connectivity index (χ2v) is 5.96. The normalized spacial score (nSPS) is 20.1. The number of nitrogens with zero attached hydrogens (tertiary/aromatic N) is 1. The topological polar surface area (TPSA) is 49.8 Å². The quantitative estimate of drug-likeness (QED) is 0.909. The fourth-order valence-corrected chi connectivity index (χ4v) is 2.83. The number of halogens is 1. The van der Waals surface area contributed by atoms with E-state index in [1.165, 1.54) is 0 Å². The van der Waals surface area contributed by atoms with Crippen LogP contribution in [-0.2, 0) is 4.79 Å². The van der Waals surface area contributed by atoms with Gasteiger partial charge in [-0.2, -0.15) is 0 Å². The lowest BCUT2D eigenvalue weighted by atomic mass is 9.95. The van der Waals surface area contributed by atoms with Crippen LogP contribution in [0.1, 0.15) is 26.2 Å². The summed E-state index contributed by atoms with van der Waals surface area (Å²) in [7, 11) is 0. The van der Waals surface area contributed by atoms with Gasteiger partial charge >= 0.3 is 0 Å². The molecule has 0 radical (unpaired) electrons. The molecule has 1 saturated heterocycles. The SMILES string of the molecule is CC(Oc1ccc(Cl)cc1)C(=O)N1CCCC(CCO)C1. The van der Waals surface area contributed by atoms with E-state index >= 15 is 0 Å². The van der Waals surface area contributed by atoms with Crippen LogP contribution in [0.15, 0.2) is 24.3 Å². The van der Waals surface area contributed by atoms with Gasteiger partial charge in [-0.05, 0) is 56.4 Å². The van der Waals surface area contributed by atoms with Crippen LogP contribution in [0.5, 0.6) is 5.75 Å². The van der Waals surface area contributed by atoms with Gasteiger partial charge in [0, 0.05) is 24.7 Å². The van der Waals surface area contributed by atoms with Crippen LogP contribution in [0, 0.1) is 5.92 Å². The number of hydrogen-bond donors (Lipinski definition) is 1. The number of ether oxygens (including phenoxy) is 1. The minimum absolute atomic E-state index is 0.00703. The van der Waals surface area contributed by atoms with Crippen LogP contribution in [0.3, 0.4) is 0 Å². The molecule has 1 fully saturated rings. The molecule has 1 N–H and O–H groups in total. The lowest BCUT2D eigenvalue weighted by molar-refractivity contribution is -0.139. The first-order valence-electron chi connectivity index (χ1n) is 7.42. The fraction of sp³-hybridized carbons (Fsp3) is 0.562. The van der Waals surface area contributed by atoms with Gasteiger partial charge in [-0.15, -0.1) is 0 Å². The predicted octanol–water partition coefficient (Wildman–Crippen LogP) is 2.73. The minimum Gasteiger partial charge on any atom is -0.481 e. The van der Waals surface area contributed by atoms with Crippen molar-refractivity contribution >= 4 is 17.5 Å². The predicted molar refractivity (Wildman–Crippen MR) is 82.5 cm³/mol. The van der Waals surface area contributed by atoms with Crippen molar-refractivity contribution in [3.63, 3.8) is 0 Å². The van der Waals surface area contributed by atoms with Crippen molar-refractivity contribution in [3.05, 3.63) is 29.3 Å². The van der Waals surface area contributed by atoms with E-state index in [-0.39, 0.29) is 12.5 Å². The molecule has 1 aliphatic rings. The maximum absolute atomic E-state index is 12.4. The number of aliphatic hydroxyl groups excluding tert-OH is 1. The number of hydrogen-bond acceptors (Lipinski definition) is 3. The third-order valence-electron chi connectivity index (χ3n) is 3.84. The summed E-state index contributed by atoms with van der Waals surface area (Å²) in [4.78, 5) is 14.3. The van der Waals surface area contributed by atoms with Gasteiger partial charge in [-0.1, -0.05) is 11.6 Å². The molecule has 1 aromatic rings. The van der Waals surface area contributed by atoms with E-state index in [9.17, 15) is 4.79 Å². The number of aliphatic hydroxyl groups is 1. The van der Waals surface area contributed by atoms with Gasteiger partial charge in [0.2, 0.25) is 0 Å². The molecule has 0 aliphatic carbocycles. The van der Waals surface area contributed by atoms with Gasteiger partial charge in [0.1, 0.15) is 5.75 Å². The summed E-state index contributed by atoms with van der Waals surface area (Å²) in [6.45, 7) is 3.44. The monoisotopic (exact) mass is 311 g/mol. The number of rotatable bonds is 5. The van der Waals surface area contributed by atoms with Crippen LogP contribution in [0.25, 0.3) is 0 Å². The largest absolute Gasteiger partial charge is 0.481 e. The molecule has 0 aromatic heterocycles. The first-order chi connectivity index (χ1) is 10.1. The van der Waals surface area contributed by atoms with Crippen molar-refractivity contribution in [2.24, 2.45) is 5.92 Å². The Morgan fingerprint density at radius 3 is 2.86 bits per heavy atom. The summed E-state index contributed by atoms with van der Waals surface area (Å²) in [5.74, 6) is 1.05. The van der Waals surface area contributed by atoms with E-state index in [2.05, 4.69) is 0 Å². The Kier molecular flexibility index (Phi) is 5.88. The number of benzene rings is 1. The van der Waals surface area contributed by atoms with Gasteiger partial charge in [0.05, 0.1) is 0 Å². The van der Waals surface area contributed by atoms with E-state index in [1.54, 1.807) is 31.2 Å². The molecule has 1 heterocycles. The number of carbonyl (C=O) groups is 1. The van der Waals surface area contributed by atoms with Crippen molar-refractivity contribution in [2.45, 2.75) is 32.3 Å². The molecule has 4 nitrogen and oxygen atoms in total. The lowest BCUT2D eigenvalue weighted by Gasteiger charge is -2.34. The third kappa shape index (κ3) is 4.61. The van der Waals surface area contributed by atoms with Crippen LogP contribution in [-0.4, -0.2) is 41.7 Å². The third-order valence-corrected chi connectivity index (χ3v) is 4.09. The molecule has 1 amide bonds. The zero-order valence-corrected chi connectivity index (χ0v) is 13.1. The van der Waals surface area contributed by atoms with Gasteiger partial charge in [0.15, 0.2) is 6.10 Å². The molecule has 2 unspecified atom stereocenters. The molecule has 0 spiro atoms. The van der Waals surface area contributed by atoms with E-state index in [1.807, 2.05) is 4.90 Å². The van der Waals surface area contributed by atoms with E-state index in [4.69, 9.17) is 21.4 Å². The standard InChI is InChI=1S/C16H22ClNO3/c1-12(21-15-6-4-14(17)5-7-15)16(20)18-9-2-3-13(11-18)8-10-19/h4-7,12-13,19H,2-3,8-11H2,1H3. The molecule has 5 heteroatoms. The van der Waals surface area contributed by atoms with E-state index in [0.717, 1.165) is 25.8 Å². The first kappa shape index (κ1) is 16.1. The Bertz CT molecular complexity index is 461. The average Bonchev–Trinajstić information content (AvgIpc) is 2.49.